The number of carbonyl (C=O) groups excluding carboxylic acids is 1. The molecule has 2 aromatic heterocycles. The molecule has 0 aliphatic carbocycles. The molecule has 0 amide bonds. The third kappa shape index (κ3) is 4.05. The summed E-state index contributed by atoms with van der Waals surface area (Å²) < 4.78 is 17.5. The molecule has 0 spiro atoms. The number of ether oxygens (including phenoxy) is 3. The Morgan fingerprint density at radius 1 is 1.26 bits per heavy atom. The Kier molecular flexibility index (Phi) is 6.28. The van der Waals surface area contributed by atoms with Gasteiger partial charge in [0.1, 0.15) is 6.33 Å². The molecule has 1 fully saturated rings. The van der Waals surface area contributed by atoms with Crippen LogP contribution < -0.4 is 9.47 Å². The van der Waals surface area contributed by atoms with Gasteiger partial charge in [0.15, 0.2) is 11.5 Å². The van der Waals surface area contributed by atoms with Gasteiger partial charge in [-0.3, -0.25) is 9.69 Å². The molecule has 1 saturated heterocycles. The van der Waals surface area contributed by atoms with E-state index in [0.717, 1.165) is 10.4 Å². The van der Waals surface area contributed by atoms with Crippen LogP contribution in [0.4, 0.5) is 0 Å². The number of benzene rings is 1. The third-order valence-corrected chi connectivity index (χ3v) is 6.71. The second-order valence-electron chi connectivity index (χ2n) is 7.32. The van der Waals surface area contributed by atoms with Gasteiger partial charge in [0.2, 0.25) is 10.8 Å². The normalized spacial score (nSPS) is 16.4. The number of carbonyl (C=O) groups is 1. The molecule has 1 atom stereocenters. The van der Waals surface area contributed by atoms with E-state index < -0.39 is 0 Å². The number of likely N-dealkylation sites (tertiary alicyclic amines) is 1. The van der Waals surface area contributed by atoms with Crippen LogP contribution in [-0.2, 0) is 9.53 Å². The number of fused-ring (bicyclic) bond motifs is 1. The van der Waals surface area contributed by atoms with Crippen molar-refractivity contribution in [2.45, 2.75) is 25.8 Å². The van der Waals surface area contributed by atoms with Crippen LogP contribution in [0, 0.1) is 5.92 Å². The van der Waals surface area contributed by atoms with Crippen molar-refractivity contribution in [1.82, 2.24) is 19.5 Å². The summed E-state index contributed by atoms with van der Waals surface area (Å²) in [6.45, 7) is 3.60. The van der Waals surface area contributed by atoms with Gasteiger partial charge < -0.3 is 19.3 Å². The van der Waals surface area contributed by atoms with Crippen molar-refractivity contribution < 1.29 is 24.1 Å². The van der Waals surface area contributed by atoms with E-state index in [9.17, 15) is 9.90 Å². The summed E-state index contributed by atoms with van der Waals surface area (Å²) >= 11 is 1.40. The molecule has 4 rings (SSSR count). The minimum Gasteiger partial charge on any atom is -0.493 e. The molecule has 1 aliphatic rings. The van der Waals surface area contributed by atoms with Crippen molar-refractivity contribution >= 4 is 22.3 Å². The number of aromatic nitrogens is 3. The minimum absolute atomic E-state index is 0.0739. The van der Waals surface area contributed by atoms with Crippen LogP contribution in [0.25, 0.3) is 4.96 Å². The predicted molar refractivity (Wildman–Crippen MR) is 115 cm³/mol. The van der Waals surface area contributed by atoms with Gasteiger partial charge in [0, 0.05) is 0 Å². The van der Waals surface area contributed by atoms with Crippen molar-refractivity contribution in [2.75, 3.05) is 33.9 Å². The molecule has 0 bridgehead atoms. The Labute approximate surface area is 184 Å². The van der Waals surface area contributed by atoms with Gasteiger partial charge in [-0.05, 0) is 50.6 Å². The summed E-state index contributed by atoms with van der Waals surface area (Å²) in [6, 6.07) is 5.52. The van der Waals surface area contributed by atoms with Gasteiger partial charge in [-0.15, -0.1) is 0 Å². The Bertz CT molecular complexity index is 1060. The van der Waals surface area contributed by atoms with Crippen molar-refractivity contribution in [1.29, 1.82) is 0 Å². The molecule has 0 unspecified atom stereocenters. The lowest BCUT2D eigenvalue weighted by Crippen LogP contribution is -2.39. The summed E-state index contributed by atoms with van der Waals surface area (Å²) in [5.41, 5.74) is 0.951. The molecule has 166 valence electrons. The van der Waals surface area contributed by atoms with Crippen molar-refractivity contribution in [3.8, 4) is 17.4 Å². The molecule has 0 radical (unpaired) electrons. The van der Waals surface area contributed by atoms with Gasteiger partial charge in [-0.25, -0.2) is 4.98 Å². The van der Waals surface area contributed by atoms with Gasteiger partial charge in [0.05, 0.1) is 37.7 Å². The highest BCUT2D eigenvalue weighted by molar-refractivity contribution is 7.17. The highest BCUT2D eigenvalue weighted by Crippen LogP contribution is 2.43. The first-order valence-electron chi connectivity index (χ1n) is 10.2. The number of rotatable bonds is 7. The van der Waals surface area contributed by atoms with E-state index in [2.05, 4.69) is 15.0 Å². The van der Waals surface area contributed by atoms with Crippen molar-refractivity contribution in [2.24, 2.45) is 5.92 Å². The second kappa shape index (κ2) is 9.11. The first-order chi connectivity index (χ1) is 15.1. The van der Waals surface area contributed by atoms with Crippen molar-refractivity contribution in [3.05, 3.63) is 35.0 Å². The average molecular weight is 447 g/mol. The lowest BCUT2D eigenvalue weighted by Gasteiger charge is -2.36. The first-order valence-corrected chi connectivity index (χ1v) is 11.0. The quantitative estimate of drug-likeness (QED) is 0.553. The summed E-state index contributed by atoms with van der Waals surface area (Å²) in [6.07, 6.45) is 2.82. The van der Waals surface area contributed by atoms with Crippen molar-refractivity contribution in [3.63, 3.8) is 0 Å². The Hall–Kier alpha value is -2.85. The number of piperidine rings is 1. The molecular weight excluding hydrogens is 420 g/mol. The van der Waals surface area contributed by atoms with Crippen LogP contribution in [0.2, 0.25) is 0 Å². The van der Waals surface area contributed by atoms with E-state index in [-0.39, 0.29) is 23.8 Å². The second-order valence-corrected chi connectivity index (χ2v) is 8.33. The standard InChI is InChI=1S/C21H26N4O5S/c1-4-30-20(27)13-7-9-24(10-8-13)17(14-5-6-15(28-2)16(11-14)29-3)18-19(26)25-21(31-18)22-12-23-25/h5-6,11-13,17,26H,4,7-10H2,1-3H3/t17-/m0/s1. The summed E-state index contributed by atoms with van der Waals surface area (Å²) in [5.74, 6) is 1.10. The van der Waals surface area contributed by atoms with Gasteiger partial charge in [0.25, 0.3) is 0 Å². The van der Waals surface area contributed by atoms with E-state index in [1.54, 1.807) is 14.2 Å². The summed E-state index contributed by atoms with van der Waals surface area (Å²) in [4.78, 5) is 20.0. The fourth-order valence-electron chi connectivity index (χ4n) is 4.08. The highest BCUT2D eigenvalue weighted by atomic mass is 32.1. The summed E-state index contributed by atoms with van der Waals surface area (Å²) in [7, 11) is 3.20. The maximum atomic E-state index is 12.2. The average Bonchev–Trinajstić information content (AvgIpc) is 3.37. The van der Waals surface area contributed by atoms with Crippen LogP contribution >= 0.6 is 11.3 Å². The topological polar surface area (TPSA) is 98.4 Å². The molecule has 0 saturated carbocycles. The van der Waals surface area contributed by atoms with Gasteiger partial charge in [-0.2, -0.15) is 9.61 Å². The van der Waals surface area contributed by atoms with Gasteiger partial charge in [-0.1, -0.05) is 17.4 Å². The molecule has 3 heterocycles. The fraction of sp³-hybridized carbons (Fsp3) is 0.476. The zero-order valence-electron chi connectivity index (χ0n) is 17.8. The molecule has 10 heteroatoms. The van der Waals surface area contributed by atoms with E-state index in [4.69, 9.17) is 14.2 Å². The Morgan fingerprint density at radius 3 is 2.65 bits per heavy atom. The molecule has 9 nitrogen and oxygen atoms in total. The number of aromatic hydroxyl groups is 1. The van der Waals surface area contributed by atoms with E-state index in [1.165, 1.54) is 22.2 Å². The fourth-order valence-corrected chi connectivity index (χ4v) is 5.17. The third-order valence-electron chi connectivity index (χ3n) is 5.63. The monoisotopic (exact) mass is 446 g/mol. The number of hydrogen-bond donors (Lipinski definition) is 1. The van der Waals surface area contributed by atoms with E-state index in [1.807, 2.05) is 25.1 Å². The minimum atomic E-state index is -0.239. The Morgan fingerprint density at radius 2 is 2.00 bits per heavy atom. The first kappa shape index (κ1) is 21.4. The maximum Gasteiger partial charge on any atom is 0.309 e. The lowest BCUT2D eigenvalue weighted by molar-refractivity contribution is -0.149. The van der Waals surface area contributed by atoms with Crippen LogP contribution in [0.15, 0.2) is 24.5 Å². The van der Waals surface area contributed by atoms with E-state index in [0.29, 0.717) is 49.0 Å². The molecular formula is C21H26N4O5S. The molecule has 1 aromatic carbocycles. The zero-order valence-corrected chi connectivity index (χ0v) is 18.6. The zero-order chi connectivity index (χ0) is 22.0. The predicted octanol–water partition coefficient (Wildman–Crippen LogP) is 2.88. The highest BCUT2D eigenvalue weighted by Gasteiger charge is 2.34. The summed E-state index contributed by atoms with van der Waals surface area (Å²) in [5, 5.41) is 15.0. The number of hydrogen-bond acceptors (Lipinski definition) is 9. The lowest BCUT2D eigenvalue weighted by atomic mass is 9.93. The molecule has 3 aromatic rings. The largest absolute Gasteiger partial charge is 0.493 e. The Balaban J connectivity index is 1.70. The molecule has 31 heavy (non-hydrogen) atoms. The van der Waals surface area contributed by atoms with Crippen LogP contribution in [-0.4, -0.2) is 64.5 Å². The molecule has 1 aliphatic heterocycles. The number of esters is 1. The smallest absolute Gasteiger partial charge is 0.309 e. The number of thiazole rings is 1. The molecule has 1 N–H and O–H groups in total. The number of nitrogens with zero attached hydrogens (tertiary/aromatic N) is 4. The van der Waals surface area contributed by atoms with Crippen LogP contribution in [0.3, 0.4) is 0 Å². The van der Waals surface area contributed by atoms with Crippen LogP contribution in [0.1, 0.15) is 36.2 Å². The van der Waals surface area contributed by atoms with Crippen LogP contribution in [0.5, 0.6) is 17.4 Å². The van der Waals surface area contributed by atoms with E-state index >= 15 is 0 Å². The SMILES string of the molecule is CCOC(=O)C1CCN([C@@H](c2ccc(OC)c(OC)c2)c2sc3ncnn3c2O)CC1. The maximum absolute atomic E-state index is 12.2. The van der Waals surface area contributed by atoms with Gasteiger partial charge >= 0.3 is 5.97 Å². The number of methoxy groups -OCH3 is 2.